The average Bonchev–Trinajstić information content (AvgIpc) is 2.42. The zero-order valence-electron chi connectivity index (χ0n) is 9.71. The summed E-state index contributed by atoms with van der Waals surface area (Å²) in [5.74, 6) is 0.789. The van der Waals surface area contributed by atoms with Crippen LogP contribution in [0.3, 0.4) is 0 Å². The zero-order valence-corrected chi connectivity index (χ0v) is 12.9. The molecule has 2 rings (SSSR count). The monoisotopic (exact) mass is 397 g/mol. The van der Waals surface area contributed by atoms with Crippen LogP contribution in [0.15, 0.2) is 39.4 Å². The van der Waals surface area contributed by atoms with Gasteiger partial charge in [-0.2, -0.15) is 5.26 Å². The van der Waals surface area contributed by atoms with Gasteiger partial charge in [0.15, 0.2) is 5.75 Å². The molecule has 0 saturated carbocycles. The Balaban J connectivity index is 2.39. The predicted molar refractivity (Wildman–Crippen MR) is 77.5 cm³/mol. The van der Waals surface area contributed by atoms with Crippen LogP contribution in [0.4, 0.5) is 5.69 Å². The summed E-state index contributed by atoms with van der Waals surface area (Å²) in [5, 5.41) is 19.5. The molecule has 20 heavy (non-hydrogen) atoms. The lowest BCUT2D eigenvalue weighted by Crippen LogP contribution is -1.92. The minimum Gasteiger partial charge on any atom is -0.455 e. The minimum absolute atomic E-state index is 0.0662. The van der Waals surface area contributed by atoms with Crippen LogP contribution >= 0.6 is 31.9 Å². The van der Waals surface area contributed by atoms with E-state index in [1.54, 1.807) is 6.07 Å². The standard InChI is InChI=1S/C12H5Br2N3O3/c13-10-4-8(17(18)19)5-11(14)12(10)20-9-1-2-16-7(3-9)6-15/h1-5H. The zero-order chi connectivity index (χ0) is 14.7. The van der Waals surface area contributed by atoms with Crippen molar-refractivity contribution in [3.8, 4) is 17.6 Å². The van der Waals surface area contributed by atoms with Crippen LogP contribution in [0.25, 0.3) is 0 Å². The van der Waals surface area contributed by atoms with Crippen molar-refractivity contribution < 1.29 is 9.66 Å². The molecule has 1 aromatic carbocycles. The van der Waals surface area contributed by atoms with Crippen LogP contribution in [0, 0.1) is 21.4 Å². The summed E-state index contributed by atoms with van der Waals surface area (Å²) in [7, 11) is 0. The normalized spacial score (nSPS) is 9.85. The summed E-state index contributed by atoms with van der Waals surface area (Å²) < 4.78 is 6.46. The number of benzene rings is 1. The Bertz CT molecular complexity index is 705. The van der Waals surface area contributed by atoms with Gasteiger partial charge in [-0.15, -0.1) is 0 Å². The van der Waals surface area contributed by atoms with Crippen molar-refractivity contribution in [3.05, 3.63) is 55.2 Å². The van der Waals surface area contributed by atoms with E-state index >= 15 is 0 Å². The van der Waals surface area contributed by atoms with Gasteiger partial charge in [0.1, 0.15) is 17.5 Å². The number of rotatable bonds is 3. The molecule has 0 aliphatic carbocycles. The van der Waals surface area contributed by atoms with E-state index in [4.69, 9.17) is 10.00 Å². The van der Waals surface area contributed by atoms with E-state index in [0.29, 0.717) is 20.4 Å². The van der Waals surface area contributed by atoms with Gasteiger partial charge in [0.25, 0.3) is 5.69 Å². The quantitative estimate of drug-likeness (QED) is 0.571. The molecule has 1 heterocycles. The van der Waals surface area contributed by atoms with Gasteiger partial charge in [-0.25, -0.2) is 4.98 Å². The van der Waals surface area contributed by atoms with Crippen molar-refractivity contribution in [1.82, 2.24) is 4.98 Å². The smallest absolute Gasteiger partial charge is 0.271 e. The van der Waals surface area contributed by atoms with Gasteiger partial charge in [0, 0.05) is 24.4 Å². The number of nitro groups is 1. The van der Waals surface area contributed by atoms with Gasteiger partial charge >= 0.3 is 0 Å². The number of hydrogen-bond donors (Lipinski definition) is 0. The van der Waals surface area contributed by atoms with Crippen molar-refractivity contribution in [2.75, 3.05) is 0 Å². The molecule has 8 heteroatoms. The molecule has 0 saturated heterocycles. The molecular formula is C12H5Br2N3O3. The Kier molecular flexibility index (Phi) is 4.32. The lowest BCUT2D eigenvalue weighted by atomic mass is 10.3. The van der Waals surface area contributed by atoms with Gasteiger partial charge in [-0.05, 0) is 37.9 Å². The van der Waals surface area contributed by atoms with E-state index in [2.05, 4.69) is 36.8 Å². The van der Waals surface area contributed by atoms with Crippen LogP contribution in [-0.4, -0.2) is 9.91 Å². The molecular weight excluding hydrogens is 394 g/mol. The number of non-ortho nitro benzene ring substituents is 1. The summed E-state index contributed by atoms with van der Waals surface area (Å²) >= 11 is 6.44. The van der Waals surface area contributed by atoms with Crippen LogP contribution in [-0.2, 0) is 0 Å². The largest absolute Gasteiger partial charge is 0.455 e. The third-order valence-corrected chi connectivity index (χ3v) is 3.44. The number of hydrogen-bond acceptors (Lipinski definition) is 5. The molecule has 6 nitrogen and oxygen atoms in total. The van der Waals surface area contributed by atoms with Crippen molar-refractivity contribution in [2.24, 2.45) is 0 Å². The maximum atomic E-state index is 10.7. The number of pyridine rings is 1. The summed E-state index contributed by atoms with van der Waals surface area (Å²) in [4.78, 5) is 14.1. The third kappa shape index (κ3) is 3.12. The fourth-order valence-corrected chi connectivity index (χ4v) is 2.73. The second-order valence-corrected chi connectivity index (χ2v) is 5.29. The highest BCUT2D eigenvalue weighted by Gasteiger charge is 2.16. The second-order valence-electron chi connectivity index (χ2n) is 3.59. The first kappa shape index (κ1) is 14.4. The molecule has 0 unspecified atom stereocenters. The first-order valence-corrected chi connectivity index (χ1v) is 6.77. The maximum Gasteiger partial charge on any atom is 0.271 e. The first-order chi connectivity index (χ1) is 9.51. The molecule has 0 amide bonds. The molecule has 100 valence electrons. The summed E-state index contributed by atoms with van der Waals surface area (Å²) in [6, 6.07) is 7.64. The van der Waals surface area contributed by atoms with Crippen molar-refractivity contribution in [1.29, 1.82) is 5.26 Å². The topological polar surface area (TPSA) is 89.0 Å². The van der Waals surface area contributed by atoms with E-state index in [0.717, 1.165) is 0 Å². The molecule has 2 aromatic rings. The number of halogens is 2. The Hall–Kier alpha value is -1.98. The highest BCUT2D eigenvalue weighted by molar-refractivity contribution is 9.11. The molecule has 0 bridgehead atoms. The van der Waals surface area contributed by atoms with Crippen LogP contribution < -0.4 is 4.74 Å². The summed E-state index contributed by atoms with van der Waals surface area (Å²) in [6.45, 7) is 0. The number of nitro benzene ring substituents is 1. The fraction of sp³-hybridized carbons (Fsp3) is 0. The maximum absolute atomic E-state index is 10.7. The summed E-state index contributed by atoms with van der Waals surface area (Å²) in [5.41, 5.74) is 0.153. The lowest BCUT2D eigenvalue weighted by Gasteiger charge is -2.09. The number of nitrogens with zero attached hydrogens (tertiary/aromatic N) is 3. The van der Waals surface area contributed by atoms with Gasteiger partial charge < -0.3 is 4.74 Å². The van der Waals surface area contributed by atoms with E-state index in [-0.39, 0.29) is 11.4 Å². The molecule has 0 atom stereocenters. The Morgan fingerprint density at radius 1 is 1.30 bits per heavy atom. The number of aromatic nitrogens is 1. The first-order valence-electron chi connectivity index (χ1n) is 5.18. The Morgan fingerprint density at radius 3 is 2.50 bits per heavy atom. The van der Waals surface area contributed by atoms with Crippen LogP contribution in [0.2, 0.25) is 0 Å². The highest BCUT2D eigenvalue weighted by atomic mass is 79.9. The molecule has 0 aliphatic rings. The van der Waals surface area contributed by atoms with Gasteiger partial charge in [0.2, 0.25) is 0 Å². The van der Waals surface area contributed by atoms with Crippen molar-refractivity contribution >= 4 is 37.5 Å². The van der Waals surface area contributed by atoms with Gasteiger partial charge in [-0.1, -0.05) is 0 Å². The highest BCUT2D eigenvalue weighted by Crippen LogP contribution is 2.39. The van der Waals surface area contributed by atoms with Crippen LogP contribution in [0.1, 0.15) is 5.69 Å². The molecule has 1 aromatic heterocycles. The van der Waals surface area contributed by atoms with Gasteiger partial charge in [-0.3, -0.25) is 10.1 Å². The van der Waals surface area contributed by atoms with Crippen molar-refractivity contribution in [3.63, 3.8) is 0 Å². The van der Waals surface area contributed by atoms with Crippen LogP contribution in [0.5, 0.6) is 11.5 Å². The average molecular weight is 399 g/mol. The predicted octanol–water partition coefficient (Wildman–Crippen LogP) is 4.18. The van der Waals surface area contributed by atoms with Crippen molar-refractivity contribution in [2.45, 2.75) is 0 Å². The number of ether oxygens (including phenoxy) is 1. The fourth-order valence-electron chi connectivity index (χ4n) is 1.40. The Morgan fingerprint density at radius 2 is 1.95 bits per heavy atom. The van der Waals surface area contributed by atoms with E-state index in [9.17, 15) is 10.1 Å². The molecule has 0 radical (unpaired) electrons. The van der Waals surface area contributed by atoms with Gasteiger partial charge in [0.05, 0.1) is 13.9 Å². The second kappa shape index (κ2) is 5.98. The Labute approximate surface area is 130 Å². The molecule has 0 N–H and O–H groups in total. The SMILES string of the molecule is N#Cc1cc(Oc2c(Br)cc([N+](=O)[O-])cc2Br)ccn1. The van der Waals surface area contributed by atoms with E-state index in [1.165, 1.54) is 24.4 Å². The number of nitriles is 1. The summed E-state index contributed by atoms with van der Waals surface area (Å²) in [6.07, 6.45) is 1.45. The van der Waals surface area contributed by atoms with E-state index in [1.807, 2.05) is 6.07 Å². The minimum atomic E-state index is -0.500. The molecule has 0 spiro atoms. The lowest BCUT2D eigenvalue weighted by molar-refractivity contribution is -0.385. The molecule has 0 aliphatic heterocycles. The third-order valence-electron chi connectivity index (χ3n) is 2.26. The molecule has 0 fully saturated rings. The van der Waals surface area contributed by atoms with E-state index < -0.39 is 4.92 Å².